The van der Waals surface area contributed by atoms with Gasteiger partial charge < -0.3 is 4.57 Å². The molecule has 0 aromatic heterocycles. The van der Waals surface area contributed by atoms with Gasteiger partial charge in [0.1, 0.15) is 0 Å². The van der Waals surface area contributed by atoms with E-state index in [9.17, 15) is 9.36 Å². The Hall–Kier alpha value is -2.44. The predicted octanol–water partition coefficient (Wildman–Crippen LogP) is 5.39. The molecular weight excluding hydrogens is 351 g/mol. The molecule has 2 aromatic rings. The number of benzene rings is 2. The maximum atomic E-state index is 14.4. The van der Waals surface area contributed by atoms with Crippen LogP contribution in [0, 0.1) is 5.92 Å². The lowest BCUT2D eigenvalue weighted by atomic mass is 9.92. The van der Waals surface area contributed by atoms with Crippen molar-refractivity contribution >= 4 is 23.3 Å². The third kappa shape index (κ3) is 3.55. The summed E-state index contributed by atoms with van der Waals surface area (Å²) in [6.45, 7) is 8.03. The molecule has 0 fully saturated rings. The predicted molar refractivity (Wildman–Crippen MR) is 114 cm³/mol. The van der Waals surface area contributed by atoms with Crippen LogP contribution in [0.3, 0.4) is 0 Å². The maximum Gasteiger partial charge on any atom is 0.226 e. The first-order chi connectivity index (χ1) is 12.9. The van der Waals surface area contributed by atoms with Crippen molar-refractivity contribution in [1.82, 2.24) is 0 Å². The molecule has 2 aromatic carbocycles. The van der Waals surface area contributed by atoms with Crippen LogP contribution in [0.2, 0.25) is 0 Å². The lowest BCUT2D eigenvalue weighted by Crippen LogP contribution is -2.26. The van der Waals surface area contributed by atoms with Crippen LogP contribution in [0.1, 0.15) is 27.7 Å². The number of hydrogen-bond donors (Lipinski definition) is 0. The molecule has 0 N–H and O–H groups in total. The summed E-state index contributed by atoms with van der Waals surface area (Å²) in [6, 6.07) is 18.3. The molecular formula is C24H25O2P. The Labute approximate surface area is 161 Å². The van der Waals surface area contributed by atoms with Crippen LogP contribution < -0.4 is 10.6 Å². The summed E-state index contributed by atoms with van der Waals surface area (Å²) in [6.07, 6.45) is 4.12. The first-order valence-corrected chi connectivity index (χ1v) is 10.9. The van der Waals surface area contributed by atoms with E-state index in [0.717, 1.165) is 16.7 Å². The summed E-state index contributed by atoms with van der Waals surface area (Å²) >= 11 is 0. The Morgan fingerprint density at radius 2 is 1.30 bits per heavy atom. The van der Waals surface area contributed by atoms with Crippen molar-refractivity contribution in [3.8, 4) is 0 Å². The Balaban J connectivity index is 2.26. The third-order valence-corrected chi connectivity index (χ3v) is 8.06. The van der Waals surface area contributed by atoms with Crippen LogP contribution in [-0.2, 0) is 9.36 Å². The molecule has 0 unspecified atom stereocenters. The summed E-state index contributed by atoms with van der Waals surface area (Å²) in [5, 5.41) is 1.17. The highest BCUT2D eigenvalue weighted by Crippen LogP contribution is 2.49. The fourth-order valence-electron chi connectivity index (χ4n) is 3.70. The van der Waals surface area contributed by atoms with E-state index < -0.39 is 7.14 Å². The molecule has 0 spiro atoms. The Bertz CT molecular complexity index is 952. The van der Waals surface area contributed by atoms with E-state index in [2.05, 4.69) is 6.08 Å². The lowest BCUT2D eigenvalue weighted by molar-refractivity contribution is -0.109. The summed E-state index contributed by atoms with van der Waals surface area (Å²) in [5.41, 5.74) is 3.50. The van der Waals surface area contributed by atoms with Crippen molar-refractivity contribution in [2.75, 3.05) is 0 Å². The zero-order valence-electron chi connectivity index (χ0n) is 16.3. The van der Waals surface area contributed by atoms with Gasteiger partial charge in [0, 0.05) is 22.1 Å². The topological polar surface area (TPSA) is 34.1 Å². The largest absolute Gasteiger partial charge is 0.305 e. The van der Waals surface area contributed by atoms with Gasteiger partial charge in [0.15, 0.2) is 0 Å². The number of rotatable bonds is 4. The van der Waals surface area contributed by atoms with Crippen LogP contribution in [0.5, 0.6) is 0 Å². The highest BCUT2D eigenvalue weighted by molar-refractivity contribution is 7.93. The fourth-order valence-corrected chi connectivity index (χ4v) is 6.36. The van der Waals surface area contributed by atoms with Crippen LogP contribution in [0.4, 0.5) is 0 Å². The zero-order chi connectivity index (χ0) is 19.6. The van der Waals surface area contributed by atoms with E-state index in [4.69, 9.17) is 0 Å². The van der Waals surface area contributed by atoms with Crippen LogP contribution >= 0.6 is 7.14 Å². The molecule has 0 radical (unpaired) electrons. The molecule has 2 nitrogen and oxygen atoms in total. The third-order valence-electron chi connectivity index (χ3n) is 5.20. The Morgan fingerprint density at radius 3 is 1.78 bits per heavy atom. The summed E-state index contributed by atoms with van der Waals surface area (Å²) in [7, 11) is -3.48. The van der Waals surface area contributed by atoms with Gasteiger partial charge in [-0.1, -0.05) is 90.9 Å². The standard InChI is InChI=1S/C24H25O2P/c1-17-15-18(2)20(4)23(19(3)16-17)24(25)27(26,21-11-7-5-8-12-21)22-13-9-6-10-14-22/h5-16,20H,1-4H3/t20-/m1/s1. The van der Waals surface area contributed by atoms with E-state index in [1.54, 1.807) is 24.3 Å². The summed E-state index contributed by atoms with van der Waals surface area (Å²) in [4.78, 5) is 13.9. The van der Waals surface area contributed by atoms with Gasteiger partial charge in [0.25, 0.3) is 0 Å². The van der Waals surface area contributed by atoms with Gasteiger partial charge in [-0.3, -0.25) is 4.79 Å². The van der Waals surface area contributed by atoms with Gasteiger partial charge in [0.2, 0.25) is 12.7 Å². The molecule has 1 atom stereocenters. The highest BCUT2D eigenvalue weighted by atomic mass is 31.2. The molecule has 0 saturated heterocycles. The second-order valence-electron chi connectivity index (χ2n) is 7.18. The first kappa shape index (κ1) is 19.3. The molecule has 0 saturated carbocycles. The number of carbonyl (C=O) groups is 1. The SMILES string of the molecule is CC1=CC(C)=C(C(=O)P(=O)(c2ccccc2)c2ccccc2)[C@H](C)C(C)=C1. The summed E-state index contributed by atoms with van der Waals surface area (Å²) in [5.74, 6) is -0.0769. The average molecular weight is 376 g/mol. The normalized spacial score (nSPS) is 17.9. The van der Waals surface area contributed by atoms with Crippen molar-refractivity contribution in [2.45, 2.75) is 27.7 Å². The van der Waals surface area contributed by atoms with Gasteiger partial charge in [-0.2, -0.15) is 0 Å². The van der Waals surface area contributed by atoms with Gasteiger partial charge >= 0.3 is 0 Å². The van der Waals surface area contributed by atoms with Crippen molar-refractivity contribution in [3.63, 3.8) is 0 Å². The quantitative estimate of drug-likeness (QED) is 0.671. The zero-order valence-corrected chi connectivity index (χ0v) is 17.2. The molecule has 0 heterocycles. The monoisotopic (exact) mass is 376 g/mol. The van der Waals surface area contributed by atoms with Crippen molar-refractivity contribution in [2.24, 2.45) is 5.92 Å². The molecule has 138 valence electrons. The average Bonchev–Trinajstić information content (AvgIpc) is 2.77. The molecule has 3 rings (SSSR count). The highest BCUT2D eigenvalue weighted by Gasteiger charge is 2.40. The van der Waals surface area contributed by atoms with Gasteiger partial charge in [-0.15, -0.1) is 0 Å². The molecule has 0 amide bonds. The van der Waals surface area contributed by atoms with E-state index in [0.29, 0.717) is 16.2 Å². The van der Waals surface area contributed by atoms with Gasteiger partial charge in [-0.25, -0.2) is 0 Å². The smallest absolute Gasteiger partial charge is 0.226 e. The second kappa shape index (κ2) is 7.66. The van der Waals surface area contributed by atoms with E-state index in [1.807, 2.05) is 70.2 Å². The maximum absolute atomic E-state index is 14.4. The minimum atomic E-state index is -3.48. The molecule has 0 bridgehead atoms. The molecule has 1 aliphatic rings. The number of hydrogen-bond acceptors (Lipinski definition) is 2. The molecule has 0 aliphatic heterocycles. The number of carbonyl (C=O) groups excluding carboxylic acids is 1. The minimum Gasteiger partial charge on any atom is -0.305 e. The van der Waals surface area contributed by atoms with E-state index in [-0.39, 0.29) is 11.4 Å². The van der Waals surface area contributed by atoms with Crippen molar-refractivity contribution < 1.29 is 9.36 Å². The first-order valence-electron chi connectivity index (χ1n) is 9.19. The summed E-state index contributed by atoms with van der Waals surface area (Å²) < 4.78 is 14.4. The van der Waals surface area contributed by atoms with Crippen molar-refractivity contribution in [1.29, 1.82) is 0 Å². The molecule has 27 heavy (non-hydrogen) atoms. The minimum absolute atomic E-state index is 0.0769. The Kier molecular flexibility index (Phi) is 5.48. The van der Waals surface area contributed by atoms with Gasteiger partial charge in [-0.05, 0) is 26.3 Å². The fraction of sp³-hybridized carbons (Fsp3) is 0.208. The van der Waals surface area contributed by atoms with Crippen LogP contribution in [-0.4, -0.2) is 5.52 Å². The van der Waals surface area contributed by atoms with Crippen LogP contribution in [0.15, 0.2) is 95.1 Å². The lowest BCUT2D eigenvalue weighted by Gasteiger charge is -2.24. The van der Waals surface area contributed by atoms with Crippen molar-refractivity contribution in [3.05, 3.63) is 95.1 Å². The molecule has 1 aliphatic carbocycles. The van der Waals surface area contributed by atoms with Gasteiger partial charge in [0.05, 0.1) is 0 Å². The van der Waals surface area contributed by atoms with E-state index >= 15 is 0 Å². The number of allylic oxidation sites excluding steroid dienone is 6. The Morgan fingerprint density at radius 1 is 0.815 bits per heavy atom. The van der Waals surface area contributed by atoms with E-state index in [1.165, 1.54) is 0 Å². The van der Waals surface area contributed by atoms with Crippen LogP contribution in [0.25, 0.3) is 0 Å². The second-order valence-corrected chi connectivity index (χ2v) is 9.84. The molecule has 3 heteroatoms.